The molecule has 0 aliphatic heterocycles. The summed E-state index contributed by atoms with van der Waals surface area (Å²) in [5.41, 5.74) is 0.417. The molecule has 6 nitrogen and oxygen atoms in total. The number of carbonyl (C=O) groups is 1. The average Bonchev–Trinajstić information content (AvgIpc) is 3.00. The fraction of sp³-hybridized carbons (Fsp3) is 0.357. The lowest BCUT2D eigenvalue weighted by molar-refractivity contribution is 0.0938. The van der Waals surface area contributed by atoms with E-state index in [0.29, 0.717) is 22.2 Å². The van der Waals surface area contributed by atoms with Gasteiger partial charge in [0.15, 0.2) is 0 Å². The number of aromatic nitrogens is 3. The maximum Gasteiger partial charge on any atom is 0.253 e. The molecule has 7 heteroatoms. The maximum absolute atomic E-state index is 12.2. The lowest BCUT2D eigenvalue weighted by Crippen LogP contribution is -2.27. The summed E-state index contributed by atoms with van der Waals surface area (Å²) in [5, 5.41) is 6.37. The van der Waals surface area contributed by atoms with Crippen LogP contribution in [0.5, 0.6) is 0 Å². The van der Waals surface area contributed by atoms with E-state index < -0.39 is 0 Å². The highest BCUT2D eigenvalue weighted by Gasteiger charge is 2.14. The summed E-state index contributed by atoms with van der Waals surface area (Å²) in [6, 6.07) is 1.39. The molecule has 2 rings (SSSR count). The van der Waals surface area contributed by atoms with Crippen molar-refractivity contribution in [2.45, 2.75) is 26.3 Å². The third-order valence-corrected chi connectivity index (χ3v) is 3.21. The molecule has 21 heavy (non-hydrogen) atoms. The molecule has 0 spiro atoms. The fourth-order valence-electron chi connectivity index (χ4n) is 1.80. The first-order chi connectivity index (χ1) is 10.1. The standard InChI is InChI=1S/C14H18ClN5O/c1-3-4-16-13-11(15)7-10(8-19-13)14(21)20-9(2)12-17-5-6-18-12/h5-9H,3-4H2,1-2H3,(H,16,19)(H,17,18)(H,20,21). The van der Waals surface area contributed by atoms with Crippen LogP contribution in [0, 0.1) is 0 Å². The van der Waals surface area contributed by atoms with E-state index in [1.165, 1.54) is 6.20 Å². The second-order valence-corrected chi connectivity index (χ2v) is 5.06. The Hall–Kier alpha value is -2.08. The van der Waals surface area contributed by atoms with Crippen molar-refractivity contribution < 1.29 is 4.79 Å². The van der Waals surface area contributed by atoms with E-state index in [9.17, 15) is 4.79 Å². The average molecular weight is 308 g/mol. The first-order valence-corrected chi connectivity index (χ1v) is 7.19. The van der Waals surface area contributed by atoms with E-state index >= 15 is 0 Å². The minimum Gasteiger partial charge on any atom is -0.369 e. The summed E-state index contributed by atoms with van der Waals surface area (Å²) in [6.45, 7) is 4.69. The van der Waals surface area contributed by atoms with E-state index in [1.54, 1.807) is 18.5 Å². The molecule has 0 radical (unpaired) electrons. The van der Waals surface area contributed by atoms with E-state index in [0.717, 1.165) is 13.0 Å². The SMILES string of the molecule is CCCNc1ncc(C(=O)NC(C)c2ncc[nH]2)cc1Cl. The van der Waals surface area contributed by atoms with Crippen molar-refractivity contribution in [2.75, 3.05) is 11.9 Å². The van der Waals surface area contributed by atoms with Crippen molar-refractivity contribution in [3.8, 4) is 0 Å². The molecule has 1 amide bonds. The Bertz CT molecular complexity index is 599. The van der Waals surface area contributed by atoms with Crippen LogP contribution in [0.25, 0.3) is 0 Å². The zero-order valence-corrected chi connectivity index (χ0v) is 12.7. The van der Waals surface area contributed by atoms with E-state index in [2.05, 4.69) is 32.5 Å². The van der Waals surface area contributed by atoms with Gasteiger partial charge in [0.25, 0.3) is 5.91 Å². The van der Waals surface area contributed by atoms with Crippen LogP contribution in [0.1, 0.15) is 42.5 Å². The zero-order valence-electron chi connectivity index (χ0n) is 12.0. The third kappa shape index (κ3) is 3.95. The van der Waals surface area contributed by atoms with Crippen LogP contribution in [-0.2, 0) is 0 Å². The van der Waals surface area contributed by atoms with Crippen molar-refractivity contribution in [2.24, 2.45) is 0 Å². The van der Waals surface area contributed by atoms with Crippen molar-refractivity contribution in [3.63, 3.8) is 0 Å². The van der Waals surface area contributed by atoms with Gasteiger partial charge in [0.2, 0.25) is 0 Å². The fourth-order valence-corrected chi connectivity index (χ4v) is 2.03. The molecule has 0 aliphatic rings. The molecule has 0 saturated carbocycles. The highest BCUT2D eigenvalue weighted by atomic mass is 35.5. The molecule has 1 unspecified atom stereocenters. The van der Waals surface area contributed by atoms with Crippen molar-refractivity contribution in [3.05, 3.63) is 41.1 Å². The number of H-pyrrole nitrogens is 1. The third-order valence-electron chi connectivity index (χ3n) is 2.92. The molecule has 0 aliphatic carbocycles. The molecule has 2 aromatic heterocycles. The number of amides is 1. The number of halogens is 1. The van der Waals surface area contributed by atoms with E-state index in [1.807, 2.05) is 6.92 Å². The highest BCUT2D eigenvalue weighted by molar-refractivity contribution is 6.33. The van der Waals surface area contributed by atoms with Gasteiger partial charge in [-0.25, -0.2) is 9.97 Å². The van der Waals surface area contributed by atoms with E-state index in [-0.39, 0.29) is 11.9 Å². The molecule has 112 valence electrons. The number of rotatable bonds is 6. The van der Waals surface area contributed by atoms with Crippen LogP contribution < -0.4 is 10.6 Å². The summed E-state index contributed by atoms with van der Waals surface area (Å²) < 4.78 is 0. The van der Waals surface area contributed by atoms with Gasteiger partial charge in [-0.2, -0.15) is 0 Å². The van der Waals surface area contributed by atoms with Crippen LogP contribution in [0.15, 0.2) is 24.7 Å². The van der Waals surface area contributed by atoms with Gasteiger partial charge in [-0.05, 0) is 19.4 Å². The predicted octanol–water partition coefficient (Wildman–Crippen LogP) is 2.77. The van der Waals surface area contributed by atoms with Crippen LogP contribution >= 0.6 is 11.6 Å². The van der Waals surface area contributed by atoms with Crippen LogP contribution in [0.2, 0.25) is 5.02 Å². The first-order valence-electron chi connectivity index (χ1n) is 6.81. The minimum absolute atomic E-state index is 0.218. The number of pyridine rings is 1. The molecule has 3 N–H and O–H groups in total. The van der Waals surface area contributed by atoms with Gasteiger partial charge < -0.3 is 15.6 Å². The summed E-state index contributed by atoms with van der Waals surface area (Å²) in [6.07, 6.45) is 5.84. The summed E-state index contributed by atoms with van der Waals surface area (Å²) in [5.74, 6) is 1.05. The number of nitrogens with zero attached hydrogens (tertiary/aromatic N) is 2. The molecule has 2 heterocycles. The van der Waals surface area contributed by atoms with Gasteiger partial charge >= 0.3 is 0 Å². The number of hydrogen-bond donors (Lipinski definition) is 3. The monoisotopic (exact) mass is 307 g/mol. The number of carbonyl (C=O) groups excluding carboxylic acids is 1. The van der Waals surface area contributed by atoms with Gasteiger partial charge in [0, 0.05) is 25.1 Å². The van der Waals surface area contributed by atoms with Crippen molar-refractivity contribution in [1.29, 1.82) is 0 Å². The smallest absolute Gasteiger partial charge is 0.253 e. The van der Waals surface area contributed by atoms with Gasteiger partial charge in [0.1, 0.15) is 11.6 Å². The summed E-state index contributed by atoms with van der Waals surface area (Å²) in [4.78, 5) is 23.4. The van der Waals surface area contributed by atoms with Gasteiger partial charge in [-0.3, -0.25) is 4.79 Å². The summed E-state index contributed by atoms with van der Waals surface area (Å²) >= 11 is 6.12. The number of anilines is 1. The van der Waals surface area contributed by atoms with Crippen LogP contribution in [0.4, 0.5) is 5.82 Å². The van der Waals surface area contributed by atoms with Crippen LogP contribution in [-0.4, -0.2) is 27.4 Å². The van der Waals surface area contributed by atoms with Gasteiger partial charge in [-0.1, -0.05) is 18.5 Å². The number of imidazole rings is 1. The van der Waals surface area contributed by atoms with Gasteiger partial charge in [-0.15, -0.1) is 0 Å². The largest absolute Gasteiger partial charge is 0.369 e. The molecule has 1 atom stereocenters. The molecule has 0 bridgehead atoms. The Morgan fingerprint density at radius 1 is 1.48 bits per heavy atom. The topological polar surface area (TPSA) is 82.7 Å². The quantitative estimate of drug-likeness (QED) is 0.766. The molecular weight excluding hydrogens is 290 g/mol. The van der Waals surface area contributed by atoms with Crippen molar-refractivity contribution >= 4 is 23.3 Å². The Balaban J connectivity index is 2.04. The number of nitrogens with one attached hydrogen (secondary N) is 3. The second-order valence-electron chi connectivity index (χ2n) is 4.65. The highest BCUT2D eigenvalue weighted by Crippen LogP contribution is 2.20. The number of aromatic amines is 1. The molecule has 2 aromatic rings. The summed E-state index contributed by atoms with van der Waals surface area (Å²) in [7, 11) is 0. The Morgan fingerprint density at radius 2 is 2.29 bits per heavy atom. The minimum atomic E-state index is -0.240. The Morgan fingerprint density at radius 3 is 2.90 bits per heavy atom. The normalized spacial score (nSPS) is 12.0. The zero-order chi connectivity index (χ0) is 15.2. The van der Waals surface area contributed by atoms with Crippen molar-refractivity contribution in [1.82, 2.24) is 20.3 Å². The molecule has 0 fully saturated rings. The van der Waals surface area contributed by atoms with E-state index in [4.69, 9.17) is 11.6 Å². The van der Waals surface area contributed by atoms with Crippen LogP contribution in [0.3, 0.4) is 0 Å². The lowest BCUT2D eigenvalue weighted by Gasteiger charge is -2.12. The molecule has 0 aromatic carbocycles. The maximum atomic E-state index is 12.2. The number of hydrogen-bond acceptors (Lipinski definition) is 4. The first kappa shape index (κ1) is 15.3. The Kier molecular flexibility index (Phi) is 5.16. The Labute approximate surface area is 128 Å². The van der Waals surface area contributed by atoms with Gasteiger partial charge in [0.05, 0.1) is 16.6 Å². The lowest BCUT2D eigenvalue weighted by atomic mass is 10.2. The molecular formula is C14H18ClN5O. The predicted molar refractivity (Wildman–Crippen MR) is 82.5 cm³/mol. The molecule has 0 saturated heterocycles. The second kappa shape index (κ2) is 7.08.